The second-order valence-electron chi connectivity index (χ2n) is 6.62. The zero-order valence-corrected chi connectivity index (χ0v) is 18.6. The first kappa shape index (κ1) is 19.6. The molecule has 5 rings (SSSR count). The Morgan fingerprint density at radius 1 is 0.900 bits per heavy atom. The molecule has 0 unspecified atom stereocenters. The first-order chi connectivity index (χ1) is 14.6. The Kier molecular flexibility index (Phi) is 5.25. The molecule has 0 aromatic heterocycles. The van der Waals surface area contributed by atoms with Crippen LogP contribution < -0.4 is 4.90 Å². The molecule has 0 saturated carbocycles. The minimum Gasteiger partial charge on any atom is -0.290 e. The topological polar surface area (TPSA) is 31.2 Å². The zero-order chi connectivity index (χ0) is 20.7. The van der Waals surface area contributed by atoms with E-state index in [2.05, 4.69) is 0 Å². The van der Waals surface area contributed by atoms with Gasteiger partial charge >= 0.3 is 0 Å². The van der Waals surface area contributed by atoms with Crippen molar-refractivity contribution < 1.29 is 0 Å². The molecular weight excluding hydrogens is 455 g/mol. The summed E-state index contributed by atoms with van der Waals surface area (Å²) in [6.45, 7) is 0. The van der Waals surface area contributed by atoms with Gasteiger partial charge in [0, 0.05) is 26.9 Å². The third-order valence-corrected chi connectivity index (χ3v) is 6.62. The molecule has 2 aliphatic heterocycles. The molecule has 3 aromatic rings. The number of anilines is 1. The van der Waals surface area contributed by atoms with Gasteiger partial charge < -0.3 is 0 Å². The van der Waals surface area contributed by atoms with Crippen molar-refractivity contribution in [3.8, 4) is 0 Å². The standard InChI is InChI=1S/C22H14Cl2N4S2/c23-15-11-12-17(18(24)13-15)19-25-21-28(22(29)27(19)16-9-5-2-6-10-16)26-20(30-21)14-7-3-1-4-8-14/h1-13,19H/t19-/m1/s1. The van der Waals surface area contributed by atoms with Gasteiger partial charge in [0.2, 0.25) is 5.11 Å². The highest BCUT2D eigenvalue weighted by Gasteiger charge is 2.39. The minimum absolute atomic E-state index is 0.422. The van der Waals surface area contributed by atoms with Crippen LogP contribution in [-0.4, -0.2) is 20.3 Å². The molecular formula is C22H14Cl2N4S2. The molecule has 30 heavy (non-hydrogen) atoms. The Labute approximate surface area is 193 Å². The summed E-state index contributed by atoms with van der Waals surface area (Å²) in [6, 6.07) is 25.3. The van der Waals surface area contributed by atoms with E-state index in [4.69, 9.17) is 45.5 Å². The molecule has 3 aromatic carbocycles. The molecule has 2 heterocycles. The van der Waals surface area contributed by atoms with Crippen molar-refractivity contribution >= 4 is 68.2 Å². The quantitative estimate of drug-likeness (QED) is 0.407. The van der Waals surface area contributed by atoms with Crippen molar-refractivity contribution in [1.82, 2.24) is 5.01 Å². The van der Waals surface area contributed by atoms with E-state index in [1.54, 1.807) is 11.1 Å². The highest BCUT2D eigenvalue weighted by molar-refractivity contribution is 8.27. The number of thiocarbonyl (C=S) groups is 1. The Morgan fingerprint density at radius 2 is 1.60 bits per heavy atom. The van der Waals surface area contributed by atoms with Crippen LogP contribution in [0, 0.1) is 0 Å². The fourth-order valence-corrected chi connectivity index (χ4v) is 5.13. The van der Waals surface area contributed by atoms with Gasteiger partial charge in [0.15, 0.2) is 11.3 Å². The summed E-state index contributed by atoms with van der Waals surface area (Å²) in [5.74, 6) is 0. The highest BCUT2D eigenvalue weighted by Crippen LogP contribution is 2.41. The van der Waals surface area contributed by atoms with Crippen LogP contribution in [0.4, 0.5) is 5.69 Å². The number of halogens is 2. The number of fused-ring (bicyclic) bond motifs is 1. The summed E-state index contributed by atoms with van der Waals surface area (Å²) in [5.41, 5.74) is 2.76. The van der Waals surface area contributed by atoms with Crippen molar-refractivity contribution in [3.05, 3.63) is 100 Å². The zero-order valence-electron chi connectivity index (χ0n) is 15.4. The highest BCUT2D eigenvalue weighted by atomic mass is 35.5. The van der Waals surface area contributed by atoms with E-state index in [0.717, 1.165) is 27.0 Å². The van der Waals surface area contributed by atoms with E-state index >= 15 is 0 Å². The number of thioether (sulfide) groups is 1. The van der Waals surface area contributed by atoms with Gasteiger partial charge in [-0.3, -0.25) is 4.90 Å². The van der Waals surface area contributed by atoms with Crippen molar-refractivity contribution in [2.24, 2.45) is 10.1 Å². The normalized spacial score (nSPS) is 18.2. The fourth-order valence-electron chi connectivity index (χ4n) is 3.32. The lowest BCUT2D eigenvalue weighted by atomic mass is 10.1. The molecule has 0 saturated heterocycles. The van der Waals surface area contributed by atoms with E-state index in [0.29, 0.717) is 15.2 Å². The Morgan fingerprint density at radius 3 is 2.30 bits per heavy atom. The molecule has 148 valence electrons. The fraction of sp³-hybridized carbons (Fsp3) is 0.0455. The lowest BCUT2D eigenvalue weighted by Gasteiger charge is -2.38. The molecule has 4 nitrogen and oxygen atoms in total. The van der Waals surface area contributed by atoms with E-state index < -0.39 is 6.17 Å². The summed E-state index contributed by atoms with van der Waals surface area (Å²) >= 11 is 20.1. The first-order valence-electron chi connectivity index (χ1n) is 9.15. The molecule has 0 N–H and O–H groups in total. The average Bonchev–Trinajstić information content (AvgIpc) is 3.20. The number of aliphatic imine (C=N–C) groups is 1. The smallest absolute Gasteiger partial charge is 0.205 e. The number of benzene rings is 3. The Hall–Kier alpha value is -2.38. The van der Waals surface area contributed by atoms with Gasteiger partial charge in [-0.15, -0.1) is 0 Å². The van der Waals surface area contributed by atoms with Crippen LogP contribution in [0.1, 0.15) is 17.3 Å². The molecule has 0 spiro atoms. The van der Waals surface area contributed by atoms with Gasteiger partial charge in [-0.2, -0.15) is 10.1 Å². The number of rotatable bonds is 3. The number of hydrogen-bond acceptors (Lipinski definition) is 4. The summed E-state index contributed by atoms with van der Waals surface area (Å²) in [6.07, 6.45) is -0.422. The van der Waals surface area contributed by atoms with Gasteiger partial charge in [0.25, 0.3) is 0 Å². The Bertz CT molecular complexity index is 1180. The minimum atomic E-state index is -0.422. The monoisotopic (exact) mass is 468 g/mol. The van der Waals surface area contributed by atoms with Gasteiger partial charge in [-0.1, -0.05) is 77.8 Å². The largest absolute Gasteiger partial charge is 0.290 e. The number of hydrogen-bond donors (Lipinski definition) is 0. The summed E-state index contributed by atoms with van der Waals surface area (Å²) in [5, 5.41) is 9.70. The lowest BCUT2D eigenvalue weighted by Crippen LogP contribution is -2.47. The van der Waals surface area contributed by atoms with E-state index in [9.17, 15) is 0 Å². The van der Waals surface area contributed by atoms with E-state index in [1.165, 1.54) is 11.8 Å². The second kappa shape index (κ2) is 8.04. The van der Waals surface area contributed by atoms with Crippen LogP contribution in [0.5, 0.6) is 0 Å². The van der Waals surface area contributed by atoms with Gasteiger partial charge in [0.05, 0.1) is 0 Å². The van der Waals surface area contributed by atoms with Crippen LogP contribution in [0.2, 0.25) is 10.0 Å². The van der Waals surface area contributed by atoms with Crippen LogP contribution in [0.25, 0.3) is 0 Å². The van der Waals surface area contributed by atoms with Crippen molar-refractivity contribution in [1.29, 1.82) is 0 Å². The van der Waals surface area contributed by atoms with Crippen LogP contribution in [0.15, 0.2) is 89.0 Å². The predicted molar refractivity (Wildman–Crippen MR) is 131 cm³/mol. The number of nitrogens with zero attached hydrogens (tertiary/aromatic N) is 4. The van der Waals surface area contributed by atoms with Crippen molar-refractivity contribution in [2.45, 2.75) is 6.17 Å². The third kappa shape index (κ3) is 3.50. The molecule has 0 bridgehead atoms. The SMILES string of the molecule is S=C1N2N=C(c3ccccc3)SC2=N[C@@H](c2ccc(Cl)cc2Cl)N1c1ccccc1. The van der Waals surface area contributed by atoms with Crippen LogP contribution in [0.3, 0.4) is 0 Å². The van der Waals surface area contributed by atoms with Gasteiger partial charge in [0.1, 0.15) is 5.04 Å². The molecule has 1 atom stereocenters. The van der Waals surface area contributed by atoms with Crippen molar-refractivity contribution in [3.63, 3.8) is 0 Å². The summed E-state index contributed by atoms with van der Waals surface area (Å²) in [7, 11) is 0. The molecule has 0 aliphatic carbocycles. The van der Waals surface area contributed by atoms with Crippen LogP contribution >= 0.6 is 47.2 Å². The molecule has 8 heteroatoms. The lowest BCUT2D eigenvalue weighted by molar-refractivity contribution is 0.598. The van der Waals surface area contributed by atoms with Crippen LogP contribution in [-0.2, 0) is 0 Å². The Balaban J connectivity index is 1.62. The summed E-state index contributed by atoms with van der Waals surface area (Å²) in [4.78, 5) is 6.95. The third-order valence-electron chi connectivity index (χ3n) is 4.72. The van der Waals surface area contributed by atoms with Crippen molar-refractivity contribution in [2.75, 3.05) is 4.90 Å². The maximum absolute atomic E-state index is 6.56. The number of hydrazone groups is 1. The second-order valence-corrected chi connectivity index (χ2v) is 8.79. The molecule has 0 fully saturated rings. The van der Waals surface area contributed by atoms with E-state index in [-0.39, 0.29) is 0 Å². The number of amidine groups is 1. The van der Waals surface area contributed by atoms with Gasteiger partial charge in [-0.05, 0) is 48.2 Å². The first-order valence-corrected chi connectivity index (χ1v) is 11.1. The number of para-hydroxylation sites is 1. The average molecular weight is 469 g/mol. The molecule has 0 amide bonds. The maximum atomic E-state index is 6.56. The predicted octanol–water partition coefficient (Wildman–Crippen LogP) is 6.56. The molecule has 0 radical (unpaired) electrons. The maximum Gasteiger partial charge on any atom is 0.205 e. The van der Waals surface area contributed by atoms with E-state index in [1.807, 2.05) is 77.7 Å². The van der Waals surface area contributed by atoms with Gasteiger partial charge in [-0.25, -0.2) is 4.99 Å². The summed E-state index contributed by atoms with van der Waals surface area (Å²) < 4.78 is 0. The molecule has 2 aliphatic rings.